The van der Waals surface area contributed by atoms with Crippen LogP contribution in [0.1, 0.15) is 39.4 Å². The first-order chi connectivity index (χ1) is 19.6. The number of ketones is 1. The largest absolute Gasteiger partial charge is 0.475 e. The Bertz CT molecular complexity index is 1610. The van der Waals surface area contributed by atoms with E-state index in [1.54, 1.807) is 17.0 Å². The average Bonchev–Trinajstić information content (AvgIpc) is 3.64. The van der Waals surface area contributed by atoms with E-state index in [2.05, 4.69) is 15.9 Å². The molecule has 0 N–H and O–H groups in total. The number of carbonyl (C=O) groups is 2. The van der Waals surface area contributed by atoms with Crippen LogP contribution >= 0.6 is 15.9 Å². The van der Waals surface area contributed by atoms with Crippen LogP contribution in [0.15, 0.2) is 154 Å². The number of ether oxygens (including phenoxy) is 1. The number of Topliss-reactive ketones (excluding diaryl/α,β-unsaturated/α-hetero) is 1. The van der Waals surface area contributed by atoms with Gasteiger partial charge in [-0.2, -0.15) is 0 Å². The summed E-state index contributed by atoms with van der Waals surface area (Å²) in [5.74, 6) is -0.668. The number of hydrogen-bond acceptors (Lipinski definition) is 4. The SMILES string of the molecule is O=C(C1=C(OC(c2ccccc2)c2ccccc2)C(=O)N(c2ccccc2)C1c1ccc(Br)cc1)c1ccco1. The molecule has 0 saturated carbocycles. The van der Waals surface area contributed by atoms with E-state index in [0.717, 1.165) is 21.2 Å². The molecule has 0 fully saturated rings. The first-order valence-corrected chi connectivity index (χ1v) is 13.6. The molecule has 1 amide bonds. The Balaban J connectivity index is 1.57. The highest BCUT2D eigenvalue weighted by atomic mass is 79.9. The fourth-order valence-electron chi connectivity index (χ4n) is 4.99. The van der Waals surface area contributed by atoms with Crippen LogP contribution in [0.25, 0.3) is 0 Å². The van der Waals surface area contributed by atoms with E-state index in [0.29, 0.717) is 5.69 Å². The van der Waals surface area contributed by atoms with Crippen molar-refractivity contribution < 1.29 is 18.7 Å². The summed E-state index contributed by atoms with van der Waals surface area (Å²) < 4.78 is 13.1. The Morgan fingerprint density at radius 1 is 0.750 bits per heavy atom. The maximum absolute atomic E-state index is 14.4. The van der Waals surface area contributed by atoms with Crippen LogP contribution in [0, 0.1) is 0 Å². The van der Waals surface area contributed by atoms with Crippen molar-refractivity contribution in [3.8, 4) is 0 Å². The summed E-state index contributed by atoms with van der Waals surface area (Å²) in [6, 6.07) is 38.8. The molecule has 0 saturated heterocycles. The Labute approximate surface area is 240 Å². The second-order valence-electron chi connectivity index (χ2n) is 9.33. The number of para-hydroxylation sites is 1. The Kier molecular flexibility index (Phi) is 7.17. The molecule has 5 nitrogen and oxygen atoms in total. The van der Waals surface area contributed by atoms with Crippen LogP contribution in [0.5, 0.6) is 0 Å². The number of hydrogen-bond donors (Lipinski definition) is 0. The predicted molar refractivity (Wildman–Crippen MR) is 157 cm³/mol. The highest BCUT2D eigenvalue weighted by Crippen LogP contribution is 2.45. The minimum absolute atomic E-state index is 0.00382. The molecule has 196 valence electrons. The predicted octanol–water partition coefficient (Wildman–Crippen LogP) is 8.07. The minimum Gasteiger partial charge on any atom is -0.475 e. The van der Waals surface area contributed by atoms with Gasteiger partial charge in [0.2, 0.25) is 5.78 Å². The number of rotatable bonds is 8. The lowest BCUT2D eigenvalue weighted by Gasteiger charge is -2.27. The Hall–Kier alpha value is -4.68. The first kappa shape index (κ1) is 25.6. The topological polar surface area (TPSA) is 59.8 Å². The quantitative estimate of drug-likeness (QED) is 0.172. The summed E-state index contributed by atoms with van der Waals surface area (Å²) in [6.45, 7) is 0. The molecule has 40 heavy (non-hydrogen) atoms. The van der Waals surface area contributed by atoms with Crippen molar-refractivity contribution >= 4 is 33.3 Å². The fraction of sp³-hybridized carbons (Fsp3) is 0.0588. The van der Waals surface area contributed by atoms with Crippen molar-refractivity contribution in [1.29, 1.82) is 0 Å². The summed E-state index contributed by atoms with van der Waals surface area (Å²) in [4.78, 5) is 30.1. The van der Waals surface area contributed by atoms with E-state index in [-0.39, 0.29) is 17.1 Å². The van der Waals surface area contributed by atoms with Crippen LogP contribution in [-0.4, -0.2) is 11.7 Å². The molecule has 1 aliphatic rings. The normalized spacial score (nSPS) is 15.1. The van der Waals surface area contributed by atoms with Crippen molar-refractivity contribution in [2.45, 2.75) is 12.1 Å². The molecule has 6 heteroatoms. The number of benzene rings is 4. The Morgan fingerprint density at radius 2 is 1.32 bits per heavy atom. The fourth-order valence-corrected chi connectivity index (χ4v) is 5.26. The smallest absolute Gasteiger partial charge is 0.294 e. The molecule has 1 unspecified atom stereocenters. The van der Waals surface area contributed by atoms with Crippen molar-refractivity contribution in [3.63, 3.8) is 0 Å². The maximum atomic E-state index is 14.4. The van der Waals surface area contributed by atoms with Gasteiger partial charge in [-0.15, -0.1) is 0 Å². The van der Waals surface area contributed by atoms with E-state index >= 15 is 0 Å². The Morgan fingerprint density at radius 3 is 1.88 bits per heavy atom. The van der Waals surface area contributed by atoms with Gasteiger partial charge in [-0.05, 0) is 53.1 Å². The van der Waals surface area contributed by atoms with Crippen molar-refractivity contribution in [2.24, 2.45) is 0 Å². The number of halogens is 1. The minimum atomic E-state index is -0.734. The molecule has 6 rings (SSSR count). The highest BCUT2D eigenvalue weighted by Gasteiger charge is 2.47. The van der Waals surface area contributed by atoms with E-state index < -0.39 is 23.8 Å². The van der Waals surface area contributed by atoms with E-state index in [9.17, 15) is 9.59 Å². The number of nitrogens with zero attached hydrogens (tertiary/aromatic N) is 1. The molecular weight excluding hydrogens is 566 g/mol. The highest BCUT2D eigenvalue weighted by molar-refractivity contribution is 9.10. The monoisotopic (exact) mass is 589 g/mol. The zero-order valence-corrected chi connectivity index (χ0v) is 22.9. The van der Waals surface area contributed by atoms with Gasteiger partial charge in [-0.1, -0.05) is 107 Å². The second-order valence-corrected chi connectivity index (χ2v) is 10.2. The van der Waals surface area contributed by atoms with Crippen molar-refractivity contribution in [2.75, 3.05) is 4.90 Å². The summed E-state index contributed by atoms with van der Waals surface area (Å²) in [5.41, 5.74) is 3.36. The van der Waals surface area contributed by atoms with Gasteiger partial charge in [0.25, 0.3) is 5.91 Å². The van der Waals surface area contributed by atoms with Gasteiger partial charge in [-0.25, -0.2) is 0 Å². The number of amides is 1. The summed E-state index contributed by atoms with van der Waals surface area (Å²) in [6.07, 6.45) is 0.827. The third-order valence-corrected chi connectivity index (χ3v) is 7.37. The number of carbonyl (C=O) groups excluding carboxylic acids is 2. The lowest BCUT2D eigenvalue weighted by molar-refractivity contribution is -0.118. The molecular formula is C34H24BrNO4. The molecule has 0 bridgehead atoms. The van der Waals surface area contributed by atoms with Gasteiger partial charge in [0, 0.05) is 10.2 Å². The first-order valence-electron chi connectivity index (χ1n) is 12.8. The summed E-state index contributed by atoms with van der Waals surface area (Å²) in [7, 11) is 0. The van der Waals surface area contributed by atoms with Crippen molar-refractivity contribution in [1.82, 2.24) is 0 Å². The molecule has 4 aromatic carbocycles. The van der Waals surface area contributed by atoms with E-state index in [4.69, 9.17) is 9.15 Å². The van der Waals surface area contributed by atoms with E-state index in [1.807, 2.05) is 115 Å². The lowest BCUT2D eigenvalue weighted by atomic mass is 9.94. The molecule has 0 spiro atoms. The molecule has 0 aliphatic carbocycles. The molecule has 5 aromatic rings. The van der Waals surface area contributed by atoms with Crippen molar-refractivity contribution in [3.05, 3.63) is 172 Å². The molecule has 1 atom stereocenters. The summed E-state index contributed by atoms with van der Waals surface area (Å²) >= 11 is 3.50. The second kappa shape index (κ2) is 11.2. The van der Waals surface area contributed by atoms with Crippen LogP contribution in [0.3, 0.4) is 0 Å². The van der Waals surface area contributed by atoms with Crippen LogP contribution < -0.4 is 4.90 Å². The van der Waals surface area contributed by atoms with Crippen LogP contribution in [-0.2, 0) is 9.53 Å². The summed E-state index contributed by atoms with van der Waals surface area (Å²) in [5, 5.41) is 0. The lowest BCUT2D eigenvalue weighted by Crippen LogP contribution is -2.31. The van der Waals surface area contributed by atoms with Gasteiger partial charge in [0.05, 0.1) is 17.9 Å². The molecule has 1 aliphatic heterocycles. The van der Waals surface area contributed by atoms with Gasteiger partial charge in [0.15, 0.2) is 11.5 Å². The van der Waals surface area contributed by atoms with Gasteiger partial charge < -0.3 is 9.15 Å². The van der Waals surface area contributed by atoms with Gasteiger partial charge in [0.1, 0.15) is 6.10 Å². The number of anilines is 1. The third kappa shape index (κ3) is 4.90. The molecule has 0 radical (unpaired) electrons. The average molecular weight is 590 g/mol. The van der Waals surface area contributed by atoms with Crippen LogP contribution in [0.2, 0.25) is 0 Å². The molecule has 2 heterocycles. The zero-order valence-electron chi connectivity index (χ0n) is 21.3. The van der Waals surface area contributed by atoms with Gasteiger partial charge >= 0.3 is 0 Å². The number of furan rings is 1. The third-order valence-electron chi connectivity index (χ3n) is 6.84. The standard InChI is InChI=1S/C34H24BrNO4/c35-26-20-18-23(19-21-26)30-29(31(37)28-17-10-22-39-28)33(34(38)36(30)27-15-8-3-9-16-27)40-32(24-11-4-1-5-12-24)25-13-6-2-7-14-25/h1-22,30,32H. The maximum Gasteiger partial charge on any atom is 0.294 e. The van der Waals surface area contributed by atoms with Gasteiger partial charge in [-0.3, -0.25) is 14.5 Å². The molecule has 1 aromatic heterocycles. The van der Waals surface area contributed by atoms with Crippen LogP contribution in [0.4, 0.5) is 5.69 Å². The zero-order chi connectivity index (χ0) is 27.5. The van der Waals surface area contributed by atoms with E-state index in [1.165, 1.54) is 6.26 Å².